The second kappa shape index (κ2) is 5.28. The molecule has 0 atom stereocenters. The topological polar surface area (TPSA) is 32.3 Å². The number of carbonyl (C=O) groups is 1. The summed E-state index contributed by atoms with van der Waals surface area (Å²) in [6.07, 6.45) is 8.44. The Morgan fingerprint density at radius 3 is 2.35 bits per heavy atom. The number of rotatable bonds is 1. The summed E-state index contributed by atoms with van der Waals surface area (Å²) in [6.45, 7) is 6.35. The van der Waals surface area contributed by atoms with Gasteiger partial charge in [0.1, 0.15) is 0 Å². The Hall–Kier alpha value is -0.730. The Kier molecular flexibility index (Phi) is 3.95. The number of hydrogen-bond acceptors (Lipinski definition) is 1. The van der Waals surface area contributed by atoms with Crippen LogP contribution in [0.4, 0.5) is 4.79 Å². The van der Waals surface area contributed by atoms with Gasteiger partial charge < -0.3 is 10.2 Å². The summed E-state index contributed by atoms with van der Waals surface area (Å²) in [4.78, 5) is 14.2. The number of urea groups is 1. The Morgan fingerprint density at radius 2 is 1.76 bits per heavy atom. The van der Waals surface area contributed by atoms with Crippen molar-refractivity contribution in [2.45, 2.75) is 64.3 Å². The van der Waals surface area contributed by atoms with Crippen LogP contribution < -0.4 is 5.32 Å². The van der Waals surface area contributed by atoms with Crippen molar-refractivity contribution in [3.05, 3.63) is 0 Å². The number of nitrogens with one attached hydrogen (secondary N) is 1. The maximum absolute atomic E-state index is 12.2. The summed E-state index contributed by atoms with van der Waals surface area (Å²) < 4.78 is 0. The first-order chi connectivity index (χ1) is 8.09. The van der Waals surface area contributed by atoms with E-state index in [1.807, 2.05) is 4.90 Å². The third kappa shape index (κ3) is 3.36. The summed E-state index contributed by atoms with van der Waals surface area (Å²) in [7, 11) is 0. The lowest BCUT2D eigenvalue weighted by molar-refractivity contribution is 0.154. The maximum Gasteiger partial charge on any atom is 0.317 e. The van der Waals surface area contributed by atoms with Crippen LogP contribution in [-0.2, 0) is 0 Å². The van der Waals surface area contributed by atoms with Crippen LogP contribution >= 0.6 is 0 Å². The van der Waals surface area contributed by atoms with Crippen LogP contribution in [-0.4, -0.2) is 29.6 Å². The zero-order chi connectivity index (χ0) is 12.3. The molecule has 98 valence electrons. The monoisotopic (exact) mass is 238 g/mol. The number of nitrogens with zero attached hydrogens (tertiary/aromatic N) is 1. The maximum atomic E-state index is 12.2. The SMILES string of the molecule is CC1CCN(C(=O)NC2(C)CCCCC2)CC1. The zero-order valence-corrected chi connectivity index (χ0v) is 11.3. The molecule has 0 aromatic carbocycles. The first-order valence-electron chi connectivity index (χ1n) is 7.16. The normalized spacial score (nSPS) is 25.6. The molecule has 1 saturated heterocycles. The Labute approximate surface area is 105 Å². The van der Waals surface area contributed by atoms with Gasteiger partial charge in [-0.3, -0.25) is 0 Å². The van der Waals surface area contributed by atoms with Crippen molar-refractivity contribution in [1.29, 1.82) is 0 Å². The van der Waals surface area contributed by atoms with E-state index in [0.717, 1.165) is 44.7 Å². The van der Waals surface area contributed by atoms with Crippen molar-refractivity contribution in [2.24, 2.45) is 5.92 Å². The molecule has 1 aliphatic heterocycles. The van der Waals surface area contributed by atoms with E-state index in [2.05, 4.69) is 19.2 Å². The van der Waals surface area contributed by atoms with Gasteiger partial charge in [-0.1, -0.05) is 26.2 Å². The van der Waals surface area contributed by atoms with E-state index < -0.39 is 0 Å². The fraction of sp³-hybridized carbons (Fsp3) is 0.929. The molecule has 1 saturated carbocycles. The lowest BCUT2D eigenvalue weighted by Crippen LogP contribution is -2.53. The standard InChI is InChI=1S/C14H26N2O/c1-12-6-10-16(11-7-12)13(17)15-14(2)8-4-3-5-9-14/h12H,3-11H2,1-2H3,(H,15,17). The molecule has 0 unspecified atom stereocenters. The third-order valence-corrected chi connectivity index (χ3v) is 4.44. The molecule has 1 aliphatic carbocycles. The van der Waals surface area contributed by atoms with Crippen LogP contribution in [0.15, 0.2) is 0 Å². The van der Waals surface area contributed by atoms with E-state index in [9.17, 15) is 4.79 Å². The number of amides is 2. The summed E-state index contributed by atoms with van der Waals surface area (Å²) in [5.74, 6) is 0.782. The molecule has 0 bridgehead atoms. The molecule has 2 amide bonds. The van der Waals surface area contributed by atoms with E-state index in [-0.39, 0.29) is 11.6 Å². The number of hydrogen-bond donors (Lipinski definition) is 1. The molecule has 2 aliphatic rings. The van der Waals surface area contributed by atoms with Crippen molar-refractivity contribution in [3.63, 3.8) is 0 Å². The van der Waals surface area contributed by atoms with Gasteiger partial charge in [0.05, 0.1) is 0 Å². The first-order valence-corrected chi connectivity index (χ1v) is 7.16. The van der Waals surface area contributed by atoms with Crippen molar-refractivity contribution in [1.82, 2.24) is 10.2 Å². The van der Waals surface area contributed by atoms with Gasteiger partial charge in [0.2, 0.25) is 0 Å². The van der Waals surface area contributed by atoms with E-state index in [0.29, 0.717) is 0 Å². The van der Waals surface area contributed by atoms with E-state index in [1.165, 1.54) is 19.3 Å². The highest BCUT2D eigenvalue weighted by Crippen LogP contribution is 2.28. The van der Waals surface area contributed by atoms with Crippen molar-refractivity contribution >= 4 is 6.03 Å². The average Bonchev–Trinajstić information content (AvgIpc) is 2.30. The van der Waals surface area contributed by atoms with Crippen molar-refractivity contribution in [2.75, 3.05) is 13.1 Å². The molecule has 3 nitrogen and oxygen atoms in total. The quantitative estimate of drug-likeness (QED) is 0.748. The zero-order valence-electron chi connectivity index (χ0n) is 11.3. The number of carbonyl (C=O) groups excluding carboxylic acids is 1. The molecule has 1 N–H and O–H groups in total. The molecule has 0 spiro atoms. The van der Waals surface area contributed by atoms with Gasteiger partial charge in [0.15, 0.2) is 0 Å². The minimum Gasteiger partial charge on any atom is -0.333 e. The van der Waals surface area contributed by atoms with Gasteiger partial charge >= 0.3 is 6.03 Å². The predicted molar refractivity (Wildman–Crippen MR) is 70.0 cm³/mol. The highest BCUT2D eigenvalue weighted by molar-refractivity contribution is 5.75. The molecule has 2 fully saturated rings. The van der Waals surface area contributed by atoms with Gasteiger partial charge in [-0.05, 0) is 38.5 Å². The van der Waals surface area contributed by atoms with Crippen molar-refractivity contribution < 1.29 is 4.79 Å². The Morgan fingerprint density at radius 1 is 1.18 bits per heavy atom. The third-order valence-electron chi connectivity index (χ3n) is 4.44. The second-order valence-electron chi connectivity index (χ2n) is 6.22. The molecular formula is C14H26N2O. The fourth-order valence-corrected chi connectivity index (χ4v) is 3.01. The van der Waals surface area contributed by atoms with Crippen LogP contribution in [0.25, 0.3) is 0 Å². The van der Waals surface area contributed by atoms with Gasteiger partial charge in [-0.25, -0.2) is 4.79 Å². The minimum absolute atomic E-state index is 0.0540. The summed E-state index contributed by atoms with van der Waals surface area (Å²) in [5, 5.41) is 3.27. The molecule has 3 heteroatoms. The number of piperidine rings is 1. The predicted octanol–water partition coefficient (Wildman–Crippen LogP) is 3.15. The van der Waals surface area contributed by atoms with E-state index >= 15 is 0 Å². The second-order valence-corrected chi connectivity index (χ2v) is 6.22. The smallest absolute Gasteiger partial charge is 0.317 e. The largest absolute Gasteiger partial charge is 0.333 e. The molecular weight excluding hydrogens is 212 g/mol. The summed E-state index contributed by atoms with van der Waals surface area (Å²) in [5.41, 5.74) is 0.0540. The van der Waals surface area contributed by atoms with E-state index in [1.54, 1.807) is 0 Å². The van der Waals surface area contributed by atoms with Crippen LogP contribution in [0.3, 0.4) is 0 Å². The van der Waals surface area contributed by atoms with E-state index in [4.69, 9.17) is 0 Å². The van der Waals surface area contributed by atoms with Gasteiger partial charge in [0.25, 0.3) is 0 Å². The fourth-order valence-electron chi connectivity index (χ4n) is 3.01. The molecule has 0 aromatic rings. The van der Waals surface area contributed by atoms with Crippen LogP contribution in [0.2, 0.25) is 0 Å². The highest BCUT2D eigenvalue weighted by Gasteiger charge is 2.30. The van der Waals surface area contributed by atoms with Gasteiger partial charge in [-0.15, -0.1) is 0 Å². The molecule has 17 heavy (non-hydrogen) atoms. The Balaban J connectivity index is 1.83. The highest BCUT2D eigenvalue weighted by atomic mass is 16.2. The van der Waals surface area contributed by atoms with Gasteiger partial charge in [0, 0.05) is 18.6 Å². The summed E-state index contributed by atoms with van der Waals surface area (Å²) >= 11 is 0. The summed E-state index contributed by atoms with van der Waals surface area (Å²) in [6, 6.07) is 0.168. The molecule has 1 heterocycles. The first kappa shape index (κ1) is 12.7. The van der Waals surface area contributed by atoms with Crippen LogP contribution in [0.5, 0.6) is 0 Å². The minimum atomic E-state index is 0.0540. The Bertz CT molecular complexity index is 263. The van der Waals surface area contributed by atoms with Gasteiger partial charge in [-0.2, -0.15) is 0 Å². The molecule has 0 aromatic heterocycles. The molecule has 2 rings (SSSR count). The van der Waals surface area contributed by atoms with Crippen LogP contribution in [0.1, 0.15) is 58.8 Å². The number of likely N-dealkylation sites (tertiary alicyclic amines) is 1. The lowest BCUT2D eigenvalue weighted by Gasteiger charge is -2.38. The molecule has 0 radical (unpaired) electrons. The average molecular weight is 238 g/mol. The van der Waals surface area contributed by atoms with Crippen LogP contribution in [0, 0.1) is 5.92 Å². The van der Waals surface area contributed by atoms with Crippen molar-refractivity contribution in [3.8, 4) is 0 Å². The lowest BCUT2D eigenvalue weighted by atomic mass is 9.83.